The van der Waals surface area contributed by atoms with Crippen molar-refractivity contribution < 1.29 is 19.1 Å². The lowest BCUT2D eigenvalue weighted by molar-refractivity contribution is -0.142. The van der Waals surface area contributed by atoms with Crippen molar-refractivity contribution in [3.05, 3.63) is 30.3 Å². The molecule has 0 saturated carbocycles. The Labute approximate surface area is 99.5 Å². The number of para-hydroxylation sites is 1. The van der Waals surface area contributed by atoms with Gasteiger partial charge in [0.1, 0.15) is 11.8 Å². The van der Waals surface area contributed by atoms with Crippen LogP contribution in [0.25, 0.3) is 0 Å². The molecule has 1 rings (SSSR count). The topological polar surface area (TPSA) is 78.6 Å². The molecule has 92 valence electrons. The van der Waals surface area contributed by atoms with Gasteiger partial charge in [-0.3, -0.25) is 9.59 Å². The largest absolute Gasteiger partial charge is 0.468 e. The average Bonchev–Trinajstić information content (AvgIpc) is 2.36. The molecule has 2 N–H and O–H groups in total. The molecular formula is C12H15NO4. The number of hydrogen-bond acceptors (Lipinski definition) is 5. The van der Waals surface area contributed by atoms with Gasteiger partial charge in [-0.2, -0.15) is 0 Å². The van der Waals surface area contributed by atoms with Crippen molar-refractivity contribution >= 4 is 11.9 Å². The predicted octanol–water partition coefficient (Wildman–Crippen LogP) is 0.872. The molecule has 0 aliphatic rings. The Morgan fingerprint density at radius 2 is 1.94 bits per heavy atom. The summed E-state index contributed by atoms with van der Waals surface area (Å²) in [6.07, 6.45) is 0.281. The van der Waals surface area contributed by atoms with Crippen molar-refractivity contribution in [3.63, 3.8) is 0 Å². The normalized spacial score (nSPS) is 11.6. The summed E-state index contributed by atoms with van der Waals surface area (Å²) in [5, 5.41) is 0. The van der Waals surface area contributed by atoms with Gasteiger partial charge < -0.3 is 15.2 Å². The Kier molecular flexibility index (Phi) is 5.16. The summed E-state index contributed by atoms with van der Waals surface area (Å²) in [7, 11) is 1.25. The third kappa shape index (κ3) is 4.65. The lowest BCUT2D eigenvalue weighted by Crippen LogP contribution is -2.32. The van der Waals surface area contributed by atoms with E-state index in [-0.39, 0.29) is 12.8 Å². The second kappa shape index (κ2) is 6.65. The summed E-state index contributed by atoms with van der Waals surface area (Å²) in [4.78, 5) is 22.4. The smallest absolute Gasteiger partial charge is 0.322 e. The lowest BCUT2D eigenvalue weighted by atomic mass is 10.2. The maximum absolute atomic E-state index is 11.4. The molecule has 0 spiro atoms. The van der Waals surface area contributed by atoms with Crippen LogP contribution in [0.1, 0.15) is 12.8 Å². The van der Waals surface area contributed by atoms with Gasteiger partial charge in [-0.15, -0.1) is 0 Å². The third-order valence-corrected chi connectivity index (χ3v) is 2.14. The molecule has 5 heteroatoms. The Morgan fingerprint density at radius 3 is 2.53 bits per heavy atom. The van der Waals surface area contributed by atoms with E-state index < -0.39 is 18.0 Å². The van der Waals surface area contributed by atoms with Gasteiger partial charge in [-0.05, 0) is 18.6 Å². The predicted molar refractivity (Wildman–Crippen MR) is 61.3 cm³/mol. The minimum atomic E-state index is -0.789. The molecule has 1 aromatic rings. The zero-order chi connectivity index (χ0) is 12.7. The van der Waals surface area contributed by atoms with E-state index in [2.05, 4.69) is 4.74 Å². The molecule has 1 aromatic carbocycles. The fourth-order valence-corrected chi connectivity index (χ4v) is 1.21. The van der Waals surface area contributed by atoms with Crippen molar-refractivity contribution in [1.29, 1.82) is 0 Å². The van der Waals surface area contributed by atoms with E-state index in [0.717, 1.165) is 0 Å². The molecule has 0 saturated heterocycles. The van der Waals surface area contributed by atoms with Crippen molar-refractivity contribution in [2.75, 3.05) is 7.11 Å². The number of carbonyl (C=O) groups excluding carboxylic acids is 2. The number of ether oxygens (including phenoxy) is 2. The Hall–Kier alpha value is -1.88. The number of esters is 2. The van der Waals surface area contributed by atoms with Gasteiger partial charge in [0.05, 0.1) is 7.11 Å². The van der Waals surface area contributed by atoms with E-state index in [9.17, 15) is 9.59 Å². The van der Waals surface area contributed by atoms with E-state index >= 15 is 0 Å². The second-order valence-electron chi connectivity index (χ2n) is 3.46. The molecule has 1 atom stereocenters. The third-order valence-electron chi connectivity index (χ3n) is 2.14. The first kappa shape index (κ1) is 13.2. The minimum absolute atomic E-state index is 0.0746. The monoisotopic (exact) mass is 237 g/mol. The SMILES string of the molecule is COC(=O)[C@@H](N)CCC(=O)Oc1ccccc1. The van der Waals surface area contributed by atoms with Crippen molar-refractivity contribution in [3.8, 4) is 5.75 Å². The van der Waals surface area contributed by atoms with Crippen LogP contribution in [0.2, 0.25) is 0 Å². The lowest BCUT2D eigenvalue weighted by Gasteiger charge is -2.08. The van der Waals surface area contributed by atoms with Crippen LogP contribution in [0.4, 0.5) is 0 Å². The summed E-state index contributed by atoms with van der Waals surface area (Å²) in [6.45, 7) is 0. The van der Waals surface area contributed by atoms with Gasteiger partial charge in [-0.1, -0.05) is 18.2 Å². The maximum atomic E-state index is 11.4. The zero-order valence-electron chi connectivity index (χ0n) is 9.59. The first-order valence-corrected chi connectivity index (χ1v) is 5.22. The Balaban J connectivity index is 2.33. The molecule has 0 aliphatic heterocycles. The average molecular weight is 237 g/mol. The number of rotatable bonds is 5. The van der Waals surface area contributed by atoms with Crippen LogP contribution in [0.3, 0.4) is 0 Å². The number of methoxy groups -OCH3 is 1. The fourth-order valence-electron chi connectivity index (χ4n) is 1.21. The first-order valence-electron chi connectivity index (χ1n) is 5.22. The zero-order valence-corrected chi connectivity index (χ0v) is 9.59. The van der Waals surface area contributed by atoms with Crippen LogP contribution < -0.4 is 10.5 Å². The molecule has 0 heterocycles. The van der Waals surface area contributed by atoms with E-state index in [1.54, 1.807) is 24.3 Å². The molecule has 0 unspecified atom stereocenters. The van der Waals surface area contributed by atoms with Gasteiger partial charge in [0.2, 0.25) is 0 Å². The maximum Gasteiger partial charge on any atom is 0.322 e. The number of hydrogen-bond donors (Lipinski definition) is 1. The van der Waals surface area contributed by atoms with E-state index in [4.69, 9.17) is 10.5 Å². The van der Waals surface area contributed by atoms with Gasteiger partial charge in [0.15, 0.2) is 0 Å². The number of nitrogens with two attached hydrogens (primary N) is 1. The Morgan fingerprint density at radius 1 is 1.29 bits per heavy atom. The molecular weight excluding hydrogens is 222 g/mol. The summed E-state index contributed by atoms with van der Waals surface area (Å²) in [5.74, 6) is -0.475. The van der Waals surface area contributed by atoms with Gasteiger partial charge in [0, 0.05) is 6.42 Å². The van der Waals surface area contributed by atoms with Gasteiger partial charge in [-0.25, -0.2) is 0 Å². The number of benzene rings is 1. The highest BCUT2D eigenvalue weighted by molar-refractivity contribution is 5.77. The summed E-state index contributed by atoms with van der Waals surface area (Å²) in [6, 6.07) is 7.93. The highest BCUT2D eigenvalue weighted by Gasteiger charge is 2.16. The van der Waals surface area contributed by atoms with Crippen LogP contribution in [-0.4, -0.2) is 25.1 Å². The van der Waals surface area contributed by atoms with Crippen LogP contribution in [0.15, 0.2) is 30.3 Å². The standard InChI is InChI=1S/C12H15NO4/c1-16-12(15)10(13)7-8-11(14)17-9-5-3-2-4-6-9/h2-6,10H,7-8,13H2,1H3/t10-/m0/s1. The summed E-state index contributed by atoms with van der Waals surface area (Å²) >= 11 is 0. The van der Waals surface area contributed by atoms with Gasteiger partial charge >= 0.3 is 11.9 Å². The summed E-state index contributed by atoms with van der Waals surface area (Å²) in [5.41, 5.74) is 5.49. The first-order chi connectivity index (χ1) is 8.13. The van der Waals surface area contributed by atoms with E-state index in [1.165, 1.54) is 7.11 Å². The molecule has 0 radical (unpaired) electrons. The van der Waals surface area contributed by atoms with E-state index in [1.807, 2.05) is 6.07 Å². The molecule has 0 aliphatic carbocycles. The van der Waals surface area contributed by atoms with E-state index in [0.29, 0.717) is 5.75 Å². The van der Waals surface area contributed by atoms with Crippen molar-refractivity contribution in [2.45, 2.75) is 18.9 Å². The molecule has 17 heavy (non-hydrogen) atoms. The molecule has 0 amide bonds. The highest BCUT2D eigenvalue weighted by atomic mass is 16.5. The Bertz CT molecular complexity index is 377. The van der Waals surface area contributed by atoms with Crippen molar-refractivity contribution in [2.24, 2.45) is 5.73 Å². The van der Waals surface area contributed by atoms with Gasteiger partial charge in [0.25, 0.3) is 0 Å². The summed E-state index contributed by atoms with van der Waals surface area (Å²) < 4.78 is 9.48. The molecule has 0 fully saturated rings. The molecule has 5 nitrogen and oxygen atoms in total. The number of carbonyl (C=O) groups is 2. The van der Waals surface area contributed by atoms with Crippen LogP contribution in [-0.2, 0) is 14.3 Å². The highest BCUT2D eigenvalue weighted by Crippen LogP contribution is 2.10. The quantitative estimate of drug-likeness (QED) is 0.607. The minimum Gasteiger partial charge on any atom is -0.468 e. The fraction of sp³-hybridized carbons (Fsp3) is 0.333. The molecule has 0 bridgehead atoms. The molecule has 0 aromatic heterocycles. The van der Waals surface area contributed by atoms with Crippen LogP contribution in [0, 0.1) is 0 Å². The van der Waals surface area contributed by atoms with Crippen molar-refractivity contribution in [1.82, 2.24) is 0 Å². The van der Waals surface area contributed by atoms with Crippen LogP contribution >= 0.6 is 0 Å². The second-order valence-corrected chi connectivity index (χ2v) is 3.46. The van der Waals surface area contributed by atoms with Crippen LogP contribution in [0.5, 0.6) is 5.75 Å².